The molecular formula is C19H17F3N4O3. The zero-order valence-electron chi connectivity index (χ0n) is 15.1. The summed E-state index contributed by atoms with van der Waals surface area (Å²) in [6, 6.07) is 8.01. The fourth-order valence-corrected chi connectivity index (χ4v) is 3.15. The number of carbonyl (C=O) groups excluding carboxylic acids is 1. The lowest BCUT2D eigenvalue weighted by atomic mass is 10.1. The van der Waals surface area contributed by atoms with Gasteiger partial charge in [-0.3, -0.25) is 14.5 Å². The summed E-state index contributed by atoms with van der Waals surface area (Å²) in [4.78, 5) is 16.5. The molecule has 4 rings (SSSR count). The van der Waals surface area contributed by atoms with Gasteiger partial charge in [-0.2, -0.15) is 18.3 Å². The summed E-state index contributed by atoms with van der Waals surface area (Å²) in [6.07, 6.45) is -0.872. The third kappa shape index (κ3) is 4.32. The van der Waals surface area contributed by atoms with Crippen LogP contribution in [0.3, 0.4) is 0 Å². The van der Waals surface area contributed by atoms with Gasteiger partial charge in [0.05, 0.1) is 29.6 Å². The summed E-state index contributed by atoms with van der Waals surface area (Å²) in [5.74, 6) is -0.0333. The Bertz CT molecular complexity index is 1010. The van der Waals surface area contributed by atoms with Crippen LogP contribution in [0.1, 0.15) is 6.42 Å². The molecule has 1 amide bonds. The van der Waals surface area contributed by atoms with Crippen LogP contribution in [-0.4, -0.2) is 40.1 Å². The molecule has 1 aliphatic heterocycles. The van der Waals surface area contributed by atoms with Crippen LogP contribution in [0.15, 0.2) is 42.7 Å². The molecule has 3 aromatic rings. The van der Waals surface area contributed by atoms with Crippen LogP contribution in [0, 0.1) is 5.92 Å². The van der Waals surface area contributed by atoms with E-state index in [9.17, 15) is 18.0 Å². The van der Waals surface area contributed by atoms with Crippen molar-refractivity contribution in [2.75, 3.05) is 18.5 Å². The lowest BCUT2D eigenvalue weighted by Crippen LogP contribution is -2.23. The first kappa shape index (κ1) is 19.2. The topological polar surface area (TPSA) is 78.3 Å². The fourth-order valence-electron chi connectivity index (χ4n) is 3.15. The van der Waals surface area contributed by atoms with E-state index in [-0.39, 0.29) is 40.9 Å². The van der Waals surface area contributed by atoms with Gasteiger partial charge >= 0.3 is 6.18 Å². The van der Waals surface area contributed by atoms with E-state index in [1.165, 1.54) is 12.3 Å². The molecule has 1 saturated heterocycles. The highest BCUT2D eigenvalue weighted by atomic mass is 19.4. The van der Waals surface area contributed by atoms with E-state index in [2.05, 4.69) is 15.4 Å². The SMILES string of the molecule is O=C(Nc1nn(CC(F)(F)F)c2cccc(Oc3cccnc3)c12)C1CCOC1. The largest absolute Gasteiger partial charge is 0.455 e. The summed E-state index contributed by atoms with van der Waals surface area (Å²) in [7, 11) is 0. The van der Waals surface area contributed by atoms with E-state index in [4.69, 9.17) is 9.47 Å². The van der Waals surface area contributed by atoms with Crippen molar-refractivity contribution in [1.82, 2.24) is 14.8 Å². The van der Waals surface area contributed by atoms with Crippen LogP contribution in [0.5, 0.6) is 11.5 Å². The van der Waals surface area contributed by atoms with Crippen molar-refractivity contribution in [2.45, 2.75) is 19.1 Å². The number of aromatic nitrogens is 3. The van der Waals surface area contributed by atoms with Gasteiger partial charge in [-0.25, -0.2) is 0 Å². The first-order valence-corrected chi connectivity index (χ1v) is 8.93. The van der Waals surface area contributed by atoms with Gasteiger partial charge in [-0.05, 0) is 30.7 Å². The predicted octanol–water partition coefficient (Wildman–Crippen LogP) is 3.76. The molecule has 29 heavy (non-hydrogen) atoms. The van der Waals surface area contributed by atoms with Gasteiger partial charge in [0, 0.05) is 12.8 Å². The molecule has 10 heteroatoms. The van der Waals surface area contributed by atoms with Crippen LogP contribution in [0.2, 0.25) is 0 Å². The van der Waals surface area contributed by atoms with E-state index in [1.54, 1.807) is 30.5 Å². The monoisotopic (exact) mass is 406 g/mol. The van der Waals surface area contributed by atoms with Crippen molar-refractivity contribution < 1.29 is 27.4 Å². The maximum absolute atomic E-state index is 13.0. The van der Waals surface area contributed by atoms with Gasteiger partial charge in [0.15, 0.2) is 5.82 Å². The second-order valence-corrected chi connectivity index (χ2v) is 6.61. The molecule has 1 aromatic carbocycles. The van der Waals surface area contributed by atoms with Crippen LogP contribution < -0.4 is 10.1 Å². The lowest BCUT2D eigenvalue weighted by molar-refractivity contribution is -0.141. The van der Waals surface area contributed by atoms with Crippen LogP contribution in [0.4, 0.5) is 19.0 Å². The number of nitrogens with one attached hydrogen (secondary N) is 1. The van der Waals surface area contributed by atoms with Gasteiger partial charge in [0.2, 0.25) is 5.91 Å². The Hall–Kier alpha value is -3.14. The second-order valence-electron chi connectivity index (χ2n) is 6.61. The number of rotatable bonds is 5. The van der Waals surface area contributed by atoms with E-state index in [0.717, 1.165) is 4.68 Å². The summed E-state index contributed by atoms with van der Waals surface area (Å²) < 4.78 is 50.9. The Morgan fingerprint density at radius 2 is 2.17 bits per heavy atom. The molecule has 1 atom stereocenters. The van der Waals surface area contributed by atoms with Crippen molar-refractivity contribution in [1.29, 1.82) is 0 Å². The maximum Gasteiger partial charge on any atom is 0.408 e. The molecule has 0 saturated carbocycles. The smallest absolute Gasteiger partial charge is 0.408 e. The quantitative estimate of drug-likeness (QED) is 0.698. The molecule has 1 N–H and O–H groups in total. The number of hydrogen-bond acceptors (Lipinski definition) is 5. The Balaban J connectivity index is 1.75. The molecule has 0 aliphatic carbocycles. The van der Waals surface area contributed by atoms with Crippen molar-refractivity contribution >= 4 is 22.6 Å². The van der Waals surface area contributed by atoms with E-state index in [0.29, 0.717) is 18.8 Å². The van der Waals surface area contributed by atoms with E-state index >= 15 is 0 Å². The minimum absolute atomic E-state index is 0.0145. The zero-order valence-corrected chi connectivity index (χ0v) is 15.1. The summed E-state index contributed by atoms with van der Waals surface area (Å²) in [5, 5.41) is 6.95. The predicted molar refractivity (Wildman–Crippen MR) is 97.7 cm³/mol. The Morgan fingerprint density at radius 3 is 2.86 bits per heavy atom. The Labute approximate surface area is 163 Å². The molecule has 2 aromatic heterocycles. The number of amides is 1. The molecule has 1 fully saturated rings. The normalized spacial score (nSPS) is 16.9. The van der Waals surface area contributed by atoms with Crippen molar-refractivity contribution in [3.05, 3.63) is 42.7 Å². The third-order valence-corrected chi connectivity index (χ3v) is 4.47. The Kier molecular flexibility index (Phi) is 5.10. The fraction of sp³-hybridized carbons (Fsp3) is 0.316. The van der Waals surface area contributed by atoms with Crippen molar-refractivity contribution in [3.63, 3.8) is 0 Å². The maximum atomic E-state index is 13.0. The van der Waals surface area contributed by atoms with Crippen LogP contribution >= 0.6 is 0 Å². The number of nitrogens with zero attached hydrogens (tertiary/aromatic N) is 3. The highest BCUT2D eigenvalue weighted by molar-refractivity contribution is 6.03. The van der Waals surface area contributed by atoms with Gasteiger partial charge < -0.3 is 14.8 Å². The number of hydrogen-bond donors (Lipinski definition) is 1. The molecule has 1 aliphatic rings. The van der Waals surface area contributed by atoms with Gasteiger partial charge in [-0.15, -0.1) is 0 Å². The number of benzene rings is 1. The number of alkyl halides is 3. The number of carbonyl (C=O) groups is 1. The number of ether oxygens (including phenoxy) is 2. The molecule has 0 bridgehead atoms. The molecule has 3 heterocycles. The number of fused-ring (bicyclic) bond motifs is 1. The van der Waals surface area contributed by atoms with E-state index < -0.39 is 12.7 Å². The van der Waals surface area contributed by atoms with E-state index in [1.807, 2.05) is 0 Å². The first-order valence-electron chi connectivity index (χ1n) is 8.93. The van der Waals surface area contributed by atoms with Gasteiger partial charge in [-0.1, -0.05) is 6.07 Å². The molecule has 0 spiro atoms. The molecule has 0 radical (unpaired) electrons. The molecule has 152 valence electrons. The highest BCUT2D eigenvalue weighted by Crippen LogP contribution is 2.36. The summed E-state index contributed by atoms with van der Waals surface area (Å²) in [6.45, 7) is -0.551. The van der Waals surface area contributed by atoms with Crippen LogP contribution in [-0.2, 0) is 16.1 Å². The molecular weight excluding hydrogens is 389 g/mol. The van der Waals surface area contributed by atoms with Gasteiger partial charge in [0.25, 0.3) is 0 Å². The second kappa shape index (κ2) is 7.70. The molecule has 7 nitrogen and oxygen atoms in total. The van der Waals surface area contributed by atoms with Crippen LogP contribution in [0.25, 0.3) is 10.9 Å². The van der Waals surface area contributed by atoms with Crippen molar-refractivity contribution in [2.24, 2.45) is 5.92 Å². The lowest BCUT2D eigenvalue weighted by Gasteiger charge is -2.10. The third-order valence-electron chi connectivity index (χ3n) is 4.47. The highest BCUT2D eigenvalue weighted by Gasteiger charge is 2.31. The minimum Gasteiger partial charge on any atom is -0.455 e. The van der Waals surface area contributed by atoms with Gasteiger partial charge in [0.1, 0.15) is 18.0 Å². The number of pyridine rings is 1. The summed E-state index contributed by atoms with van der Waals surface area (Å²) >= 11 is 0. The Morgan fingerprint density at radius 1 is 1.31 bits per heavy atom. The average molecular weight is 406 g/mol. The van der Waals surface area contributed by atoms with Crippen molar-refractivity contribution in [3.8, 4) is 11.5 Å². The number of halogens is 3. The minimum atomic E-state index is -4.47. The zero-order chi connectivity index (χ0) is 20.4. The first-order chi connectivity index (χ1) is 13.9. The summed E-state index contributed by atoms with van der Waals surface area (Å²) in [5.41, 5.74) is 0.196. The molecule has 1 unspecified atom stereocenters. The number of anilines is 1. The standard InChI is InChI=1S/C19H17F3N4O3/c20-19(21,22)11-26-14-4-1-5-15(29-13-3-2-7-23-9-13)16(14)17(25-26)24-18(27)12-6-8-28-10-12/h1-5,7,9,12H,6,8,10-11H2,(H,24,25,27). The average Bonchev–Trinajstić information content (AvgIpc) is 3.31.